The first-order valence-electron chi connectivity index (χ1n) is 11.2. The van der Waals surface area contributed by atoms with Gasteiger partial charge in [0.05, 0.1) is 17.4 Å². The molecule has 34 heavy (non-hydrogen) atoms. The molecule has 0 saturated carbocycles. The minimum Gasteiger partial charge on any atom is -0.352 e. The number of hydrogen-bond acceptors (Lipinski definition) is 3. The molecule has 0 spiro atoms. The maximum atomic E-state index is 13.3. The number of carbonyl (C=O) groups excluding carboxylic acids is 1. The van der Waals surface area contributed by atoms with Crippen molar-refractivity contribution in [3.63, 3.8) is 0 Å². The van der Waals surface area contributed by atoms with Crippen LogP contribution < -0.4 is 16.6 Å². The van der Waals surface area contributed by atoms with Crippen LogP contribution in [0.25, 0.3) is 10.9 Å². The summed E-state index contributed by atoms with van der Waals surface area (Å²) in [6.45, 7) is 1.87. The molecule has 1 amide bonds. The molecule has 0 aliphatic carbocycles. The second-order valence-electron chi connectivity index (χ2n) is 8.40. The number of aryl methyl sites for hydroxylation is 1. The zero-order valence-electron chi connectivity index (χ0n) is 18.9. The topological polar surface area (TPSA) is 73.1 Å². The lowest BCUT2D eigenvalue weighted by Crippen LogP contribution is -2.44. The van der Waals surface area contributed by atoms with Gasteiger partial charge in [-0.15, -0.1) is 0 Å². The van der Waals surface area contributed by atoms with Gasteiger partial charge in [0.25, 0.3) is 5.56 Å². The number of nitrogens with one attached hydrogen (secondary N) is 1. The van der Waals surface area contributed by atoms with Gasteiger partial charge in [0.2, 0.25) is 5.91 Å². The van der Waals surface area contributed by atoms with Gasteiger partial charge in [-0.05, 0) is 55.2 Å². The fourth-order valence-corrected chi connectivity index (χ4v) is 4.13. The highest BCUT2D eigenvalue weighted by molar-refractivity contribution is 6.30. The first-order valence-corrected chi connectivity index (χ1v) is 11.6. The number of rotatable bonds is 8. The summed E-state index contributed by atoms with van der Waals surface area (Å²) >= 11 is 5.96. The van der Waals surface area contributed by atoms with Gasteiger partial charge >= 0.3 is 5.69 Å². The number of hydrogen-bond donors (Lipinski definition) is 1. The molecular weight excluding hydrogens is 450 g/mol. The minimum atomic E-state index is -0.522. The third-order valence-electron chi connectivity index (χ3n) is 5.80. The molecule has 1 heterocycles. The van der Waals surface area contributed by atoms with E-state index in [0.717, 1.165) is 23.0 Å². The molecule has 0 radical (unpaired) electrons. The van der Waals surface area contributed by atoms with Crippen LogP contribution in [0.4, 0.5) is 0 Å². The zero-order chi connectivity index (χ0) is 24.1. The highest BCUT2D eigenvalue weighted by Gasteiger charge is 2.16. The van der Waals surface area contributed by atoms with E-state index in [4.69, 9.17) is 11.6 Å². The molecule has 0 fully saturated rings. The molecule has 7 heteroatoms. The monoisotopic (exact) mass is 475 g/mol. The highest BCUT2D eigenvalue weighted by atomic mass is 35.5. The quantitative estimate of drug-likeness (QED) is 0.418. The third-order valence-corrected chi connectivity index (χ3v) is 6.06. The Morgan fingerprint density at radius 2 is 1.56 bits per heavy atom. The number of para-hydroxylation sites is 1. The molecule has 0 saturated heterocycles. The van der Waals surface area contributed by atoms with Gasteiger partial charge < -0.3 is 5.32 Å². The first kappa shape index (κ1) is 23.5. The van der Waals surface area contributed by atoms with Crippen molar-refractivity contribution >= 4 is 28.4 Å². The van der Waals surface area contributed by atoms with Gasteiger partial charge in [0.1, 0.15) is 6.54 Å². The summed E-state index contributed by atoms with van der Waals surface area (Å²) in [6, 6.07) is 23.9. The number of fused-ring (bicyclic) bond motifs is 1. The SMILES string of the molecule is C[C@H](CCc1ccccc1)NC(=O)Cn1c(=O)n(Cc2ccc(Cl)cc2)c(=O)c2ccccc21. The summed E-state index contributed by atoms with van der Waals surface area (Å²) in [4.78, 5) is 39.3. The smallest absolute Gasteiger partial charge is 0.332 e. The molecule has 0 unspecified atom stereocenters. The predicted molar refractivity (Wildman–Crippen MR) is 135 cm³/mol. The summed E-state index contributed by atoms with van der Waals surface area (Å²) in [5.74, 6) is -0.274. The van der Waals surface area contributed by atoms with E-state index in [-0.39, 0.29) is 30.6 Å². The number of halogens is 1. The van der Waals surface area contributed by atoms with Crippen LogP contribution in [0.15, 0.2) is 88.5 Å². The van der Waals surface area contributed by atoms with Crippen LogP contribution in [-0.4, -0.2) is 21.1 Å². The molecule has 4 rings (SSSR count). The van der Waals surface area contributed by atoms with E-state index in [2.05, 4.69) is 17.4 Å². The lowest BCUT2D eigenvalue weighted by atomic mass is 10.1. The van der Waals surface area contributed by atoms with Crippen molar-refractivity contribution in [1.29, 1.82) is 0 Å². The second kappa shape index (κ2) is 10.5. The molecule has 0 aliphatic rings. The van der Waals surface area contributed by atoms with Crippen LogP contribution in [0.2, 0.25) is 5.02 Å². The Kier molecular flexibility index (Phi) is 7.28. The number of amides is 1. The Morgan fingerprint density at radius 1 is 0.882 bits per heavy atom. The Labute approximate surface area is 202 Å². The van der Waals surface area contributed by atoms with Crippen molar-refractivity contribution in [2.24, 2.45) is 0 Å². The van der Waals surface area contributed by atoms with Crippen molar-refractivity contribution < 1.29 is 4.79 Å². The standard InChI is InChI=1S/C27H26ClN3O3/c1-19(11-12-20-7-3-2-4-8-20)29-25(32)18-30-24-10-6-5-9-23(24)26(33)31(27(30)34)17-21-13-15-22(28)16-14-21/h2-10,13-16,19H,11-12,17-18H2,1H3,(H,29,32)/t19-/m1/s1. The summed E-state index contributed by atoms with van der Waals surface area (Å²) in [5, 5.41) is 3.94. The summed E-state index contributed by atoms with van der Waals surface area (Å²) in [6.07, 6.45) is 1.62. The van der Waals surface area contributed by atoms with Crippen molar-refractivity contribution in [2.75, 3.05) is 0 Å². The fourth-order valence-electron chi connectivity index (χ4n) is 4.00. The van der Waals surface area contributed by atoms with E-state index in [1.807, 2.05) is 25.1 Å². The van der Waals surface area contributed by atoms with E-state index < -0.39 is 5.69 Å². The number of benzene rings is 3. The van der Waals surface area contributed by atoms with Crippen LogP contribution >= 0.6 is 11.6 Å². The lowest BCUT2D eigenvalue weighted by molar-refractivity contribution is -0.122. The van der Waals surface area contributed by atoms with Crippen LogP contribution in [0.5, 0.6) is 0 Å². The maximum Gasteiger partial charge on any atom is 0.332 e. The third kappa shape index (κ3) is 5.46. The Morgan fingerprint density at radius 3 is 2.29 bits per heavy atom. The average Bonchev–Trinajstić information content (AvgIpc) is 2.85. The van der Waals surface area contributed by atoms with E-state index in [0.29, 0.717) is 15.9 Å². The fraction of sp³-hybridized carbons (Fsp3) is 0.222. The molecule has 6 nitrogen and oxygen atoms in total. The van der Waals surface area contributed by atoms with Gasteiger partial charge in [-0.25, -0.2) is 4.79 Å². The van der Waals surface area contributed by atoms with Crippen molar-refractivity contribution in [3.8, 4) is 0 Å². The van der Waals surface area contributed by atoms with Crippen LogP contribution in [0.3, 0.4) is 0 Å². The Bertz CT molecular complexity index is 1410. The van der Waals surface area contributed by atoms with Gasteiger partial charge in [-0.1, -0.05) is 66.2 Å². The van der Waals surface area contributed by atoms with E-state index in [9.17, 15) is 14.4 Å². The Hall–Kier alpha value is -3.64. The zero-order valence-corrected chi connectivity index (χ0v) is 19.7. The normalized spacial score (nSPS) is 11.9. The molecule has 1 aromatic heterocycles. The molecule has 1 atom stereocenters. The molecule has 0 bridgehead atoms. The number of aromatic nitrogens is 2. The van der Waals surface area contributed by atoms with Crippen LogP contribution in [0, 0.1) is 0 Å². The second-order valence-corrected chi connectivity index (χ2v) is 8.83. The molecule has 1 N–H and O–H groups in total. The minimum absolute atomic E-state index is 0.0605. The molecule has 3 aromatic carbocycles. The molecule has 174 valence electrons. The molecular formula is C27H26ClN3O3. The van der Waals surface area contributed by atoms with Crippen molar-refractivity contribution in [2.45, 2.75) is 38.9 Å². The highest BCUT2D eigenvalue weighted by Crippen LogP contribution is 2.12. The number of carbonyl (C=O) groups is 1. The summed E-state index contributed by atoms with van der Waals surface area (Å²) in [5.41, 5.74) is 1.51. The predicted octanol–water partition coefficient (Wildman–Crippen LogP) is 4.00. The van der Waals surface area contributed by atoms with Crippen molar-refractivity contribution in [3.05, 3.63) is 116 Å². The van der Waals surface area contributed by atoms with Gasteiger partial charge in [-0.3, -0.25) is 18.7 Å². The van der Waals surface area contributed by atoms with E-state index in [1.54, 1.807) is 48.5 Å². The lowest BCUT2D eigenvalue weighted by Gasteiger charge is -2.17. The summed E-state index contributed by atoms with van der Waals surface area (Å²) in [7, 11) is 0. The first-order chi connectivity index (χ1) is 16.4. The van der Waals surface area contributed by atoms with E-state index >= 15 is 0 Å². The largest absolute Gasteiger partial charge is 0.352 e. The van der Waals surface area contributed by atoms with Gasteiger partial charge in [0.15, 0.2) is 0 Å². The van der Waals surface area contributed by atoms with Gasteiger partial charge in [0, 0.05) is 11.1 Å². The maximum absolute atomic E-state index is 13.3. The Balaban J connectivity index is 1.57. The van der Waals surface area contributed by atoms with Crippen LogP contribution in [-0.2, 0) is 24.3 Å². The van der Waals surface area contributed by atoms with Crippen LogP contribution in [0.1, 0.15) is 24.5 Å². The van der Waals surface area contributed by atoms with Gasteiger partial charge in [-0.2, -0.15) is 0 Å². The van der Waals surface area contributed by atoms with Crippen molar-refractivity contribution in [1.82, 2.24) is 14.5 Å². The molecule has 4 aromatic rings. The summed E-state index contributed by atoms with van der Waals surface area (Å²) < 4.78 is 2.53. The number of nitrogens with zero attached hydrogens (tertiary/aromatic N) is 2. The average molecular weight is 476 g/mol. The van der Waals surface area contributed by atoms with E-state index in [1.165, 1.54) is 10.1 Å². The molecule has 0 aliphatic heterocycles.